The van der Waals surface area contributed by atoms with Crippen LogP contribution in [0.25, 0.3) is 22.6 Å². The molecule has 5 heterocycles. The summed E-state index contributed by atoms with van der Waals surface area (Å²) in [6.45, 7) is 21.6. The van der Waals surface area contributed by atoms with Gasteiger partial charge in [-0.3, -0.25) is 43.5 Å². The van der Waals surface area contributed by atoms with Crippen LogP contribution in [0.5, 0.6) is 11.5 Å². The summed E-state index contributed by atoms with van der Waals surface area (Å²) in [5.41, 5.74) is 2.80. The average Bonchev–Trinajstić information content (AvgIpc) is 1.46. The molecule has 4 aliphatic heterocycles. The van der Waals surface area contributed by atoms with E-state index in [0.717, 1.165) is 59.7 Å². The first-order valence-electron chi connectivity index (χ1n) is 34.1. The van der Waals surface area contributed by atoms with E-state index in [1.807, 2.05) is 38.1 Å². The molecule has 4 aliphatic rings. The molecule has 4 aromatic rings. The number of alkyl carbamates (subject to hydrolysis) is 1. The predicted molar refractivity (Wildman–Crippen MR) is 370 cm³/mol. The number of nitrogens with one attached hydrogen (secondary N) is 6. The standard InChI is InChI=1S/C61H78N10O22S.C8H19N.Na/c1-6-19-88-61(86)62-18-17-45(76)51-60(85)71-26-30(2)53(78)52(71)58(83)63-25-39(73)22-42(64-54(79)37-10-8-35(9-11-37)41-24-47(90-68-41)36-12-14-38(15-13-36)69-27-31(3)89-32(4)28-69)55(80)65-49(33(5)72)59(84)70-29-40(74)23-43(70)56(81)66-50(57(82)67-51)46(77)20-34-7-16-44(75)48(21-34)91-94-93-92-87;1-6-9(7(2)3)8(4)5;/h6-16,21,24,30-33,39-40,42-43,45-46,49-53,72-78,87H,1,17-20,22-23,25-29H2,2-5H3,(H,62,86)(H,63,83)(H,64,79)(H,65,80)(H,66,81)(H,67,82);7-8H,6H2,1-5H3;/q;;+1/p-1/t30-,31-,32+,33+,39+,40+,42+,43+,45-,46-,49+,50+,51+,52+,53+;;/m1../s1. The third kappa shape index (κ3) is 23.2. The number of amides is 8. The van der Waals surface area contributed by atoms with Crippen molar-refractivity contribution in [1.29, 1.82) is 0 Å². The van der Waals surface area contributed by atoms with Crippen molar-refractivity contribution in [2.24, 2.45) is 5.92 Å². The van der Waals surface area contributed by atoms with Crippen molar-refractivity contribution in [3.8, 4) is 34.1 Å². The molecule has 0 aliphatic carbocycles. The Morgan fingerprint density at radius 3 is 2.03 bits per heavy atom. The van der Waals surface area contributed by atoms with Crippen LogP contribution in [0, 0.1) is 5.92 Å². The maximum atomic E-state index is 15.0. The quantitative estimate of drug-likeness (QED) is 0.00924. The fourth-order valence-corrected chi connectivity index (χ4v) is 13.2. The first-order chi connectivity index (χ1) is 48.9. The van der Waals surface area contributed by atoms with Gasteiger partial charge in [0.05, 0.1) is 48.8 Å². The van der Waals surface area contributed by atoms with Gasteiger partial charge in [-0.25, -0.2) is 4.79 Å². The number of anilines is 1. The van der Waals surface area contributed by atoms with E-state index in [9.17, 15) is 79.4 Å². The monoisotopic (exact) mass is 1490 g/mol. The van der Waals surface area contributed by atoms with Crippen molar-refractivity contribution in [2.45, 2.75) is 185 Å². The zero-order valence-corrected chi connectivity index (χ0v) is 62.7. The van der Waals surface area contributed by atoms with Crippen LogP contribution in [0.1, 0.15) is 97.5 Å². The normalized spacial score (nSPS) is 25.3. The molecule has 0 saturated carbocycles. The third-order valence-corrected chi connectivity index (χ3v) is 18.4. The number of nitrogens with zero attached hydrogens (tertiary/aromatic N) is 5. The Labute approximate surface area is 629 Å². The molecule has 4 saturated heterocycles. The van der Waals surface area contributed by atoms with Crippen molar-refractivity contribution in [1.82, 2.24) is 51.8 Å². The number of carbonyl (C=O) groups is 8. The molecule has 0 unspecified atom stereocenters. The van der Waals surface area contributed by atoms with Crippen molar-refractivity contribution in [3.63, 3.8) is 0 Å². The summed E-state index contributed by atoms with van der Waals surface area (Å²) in [6.07, 6.45) is -12.5. The first kappa shape index (κ1) is 85.4. The molecular formula is C69H96N11NaO22S. The van der Waals surface area contributed by atoms with Crippen LogP contribution in [0.2, 0.25) is 0 Å². The minimum Gasteiger partial charge on any atom is -0.691 e. The fraction of sp³-hybridized carbons (Fsp3) is 0.551. The number of phenolic OH excluding ortho intramolecular Hbond substituents is 1. The summed E-state index contributed by atoms with van der Waals surface area (Å²) in [5.74, 6) is -9.38. The Hall–Kier alpha value is -7.52. The number of hydrogen-bond donors (Lipinski definition) is 13. The van der Waals surface area contributed by atoms with E-state index >= 15 is 0 Å². The van der Waals surface area contributed by atoms with Gasteiger partial charge in [0.25, 0.3) is 18.2 Å². The maximum absolute atomic E-state index is 15.0. The van der Waals surface area contributed by atoms with Gasteiger partial charge in [0.1, 0.15) is 48.6 Å². The van der Waals surface area contributed by atoms with Crippen molar-refractivity contribution in [3.05, 3.63) is 96.6 Å². The van der Waals surface area contributed by atoms with Gasteiger partial charge in [0, 0.05) is 105 Å². The number of aliphatic hydroxyl groups is 6. The number of phenols is 1. The summed E-state index contributed by atoms with van der Waals surface area (Å²) in [5, 5.41) is 112. The van der Waals surface area contributed by atoms with E-state index in [-0.39, 0.29) is 84.1 Å². The number of benzene rings is 3. The average molecular weight is 1490 g/mol. The summed E-state index contributed by atoms with van der Waals surface area (Å²) in [7, 11) is 0. The van der Waals surface area contributed by atoms with Gasteiger partial charge >= 0.3 is 35.7 Å². The molecule has 0 bridgehead atoms. The number of aliphatic hydroxyl groups excluding tert-OH is 6. The number of aromatic nitrogens is 1. The van der Waals surface area contributed by atoms with Crippen LogP contribution < -0.4 is 75.8 Å². The third-order valence-electron chi connectivity index (χ3n) is 18.0. The number of ether oxygens (including phenoxy) is 2. The Morgan fingerprint density at radius 2 is 1.41 bits per heavy atom. The molecule has 0 spiro atoms. The summed E-state index contributed by atoms with van der Waals surface area (Å²) >= 11 is -0.00148. The second-order valence-electron chi connectivity index (χ2n) is 26.6. The van der Waals surface area contributed by atoms with Crippen LogP contribution >= 0.6 is 12.3 Å². The van der Waals surface area contributed by atoms with Gasteiger partial charge in [-0.2, -0.15) is 0 Å². The largest absolute Gasteiger partial charge is 1.00 e. The molecule has 4 fully saturated rings. The maximum Gasteiger partial charge on any atom is 1.00 e. The topological polar surface area (TPSA) is 459 Å². The van der Waals surface area contributed by atoms with E-state index in [4.69, 9.17) is 18.2 Å². The van der Waals surface area contributed by atoms with Gasteiger partial charge in [-0.1, -0.05) is 49.9 Å². The Kier molecular flexibility index (Phi) is 33.1. The van der Waals surface area contributed by atoms with Crippen LogP contribution in [-0.2, 0) is 54.0 Å². The molecule has 566 valence electrons. The Balaban J connectivity index is 0.00000159. The van der Waals surface area contributed by atoms with Gasteiger partial charge in [-0.05, 0) is 116 Å². The van der Waals surface area contributed by atoms with Crippen LogP contribution in [0.15, 0.2) is 90.0 Å². The second-order valence-corrected chi connectivity index (χ2v) is 27.0. The summed E-state index contributed by atoms with van der Waals surface area (Å²) < 4.78 is 25.7. The van der Waals surface area contributed by atoms with Gasteiger partial charge < -0.3 is 106 Å². The van der Waals surface area contributed by atoms with Gasteiger partial charge in [-0.15, -0.1) is 4.33 Å². The molecule has 104 heavy (non-hydrogen) atoms. The molecular weight excluding hydrogens is 1390 g/mol. The molecule has 8 rings (SSSR count). The van der Waals surface area contributed by atoms with E-state index < -0.39 is 177 Å². The van der Waals surface area contributed by atoms with Crippen molar-refractivity contribution in [2.75, 3.05) is 57.3 Å². The van der Waals surface area contributed by atoms with Crippen molar-refractivity contribution >= 4 is 65.5 Å². The van der Waals surface area contributed by atoms with Crippen LogP contribution in [0.4, 0.5) is 10.5 Å². The predicted octanol–water partition coefficient (Wildman–Crippen LogP) is -3.13. The minimum atomic E-state index is -2.19. The Bertz CT molecular complexity index is 3510. The van der Waals surface area contributed by atoms with Crippen molar-refractivity contribution < 1.29 is 136 Å². The number of aromatic hydroxyl groups is 1. The van der Waals surface area contributed by atoms with Crippen LogP contribution in [0.3, 0.4) is 0 Å². The zero-order valence-electron chi connectivity index (χ0n) is 59.9. The number of hydrogen-bond acceptors (Lipinski definition) is 26. The van der Waals surface area contributed by atoms with E-state index in [1.165, 1.54) is 31.2 Å². The number of β-amino-alcohol motifs (C(OH)–C–C–N with tert-alkyl or cyclic N) is 1. The number of rotatable bonds is 22. The number of carbonyl (C=O) groups excluding carboxylic acids is 8. The summed E-state index contributed by atoms with van der Waals surface area (Å²) in [4.78, 5) is 121. The molecule has 15 atom stereocenters. The SMILES string of the molecule is C=CCOC(=O)NCC[C@@H](O)[C@@H]1NC(=O)[C@H]([C@H](O)Cc2ccc(O)c(OSOO[O-])c2)NC(=O)[C@@H]2C[C@H](O)CN2C(=O)[C@H]([C@H](C)O)NC(=O)[C@@H](NC(=O)c2ccc(-c3cc(-c4ccc(N5C[C@@H](C)O[C@@H](C)C5)cc4)on3)cc2)C[C@H](O)CNC(=O)[C@@H]2[C@@H](O)[C@H](C)CN2C1=O.CCN(C(C)C)C(C)C.[Na+]. The first-order valence-corrected chi connectivity index (χ1v) is 34.8. The number of fused-ring (bicyclic) bond motifs is 2. The molecule has 33 nitrogen and oxygen atoms in total. The minimum absolute atomic E-state index is 0. The fourth-order valence-electron chi connectivity index (χ4n) is 12.9. The number of morpholine rings is 1. The van der Waals surface area contributed by atoms with E-state index in [0.29, 0.717) is 29.1 Å². The molecule has 1 aromatic heterocycles. The smallest absolute Gasteiger partial charge is 0.691 e. The van der Waals surface area contributed by atoms with Gasteiger partial charge in [0.15, 0.2) is 17.3 Å². The van der Waals surface area contributed by atoms with E-state index in [1.54, 1.807) is 18.2 Å². The van der Waals surface area contributed by atoms with Gasteiger partial charge in [0.2, 0.25) is 35.4 Å². The summed E-state index contributed by atoms with van der Waals surface area (Å²) in [6, 6.07) is 8.78. The molecule has 3 aromatic carbocycles. The molecule has 0 radical (unpaired) electrons. The van der Waals surface area contributed by atoms with E-state index in [2.05, 4.69) is 97.4 Å². The molecule has 8 amide bonds. The van der Waals surface area contributed by atoms with Crippen LogP contribution in [-0.4, -0.2) is 253 Å². The molecule has 35 heteroatoms. The molecule has 13 N–H and O–H groups in total. The Morgan fingerprint density at radius 1 is 0.779 bits per heavy atom. The zero-order chi connectivity index (χ0) is 75.5. The second kappa shape index (κ2) is 40.3.